The van der Waals surface area contributed by atoms with Crippen molar-refractivity contribution < 1.29 is 4.74 Å². The quantitative estimate of drug-likeness (QED) is 0.483. The van der Waals surface area contributed by atoms with Crippen LogP contribution in [0.1, 0.15) is 70.8 Å². The summed E-state index contributed by atoms with van der Waals surface area (Å²) in [4.78, 5) is 0. The first-order valence-electron chi connectivity index (χ1n) is 7.57. The molecule has 0 amide bonds. The van der Waals surface area contributed by atoms with Gasteiger partial charge < -0.3 is 4.74 Å². The minimum absolute atomic E-state index is 0.497. The Hall–Kier alpha value is -0.500. The second kappa shape index (κ2) is 9.41. The van der Waals surface area contributed by atoms with Gasteiger partial charge in [0, 0.05) is 4.47 Å². The summed E-state index contributed by atoms with van der Waals surface area (Å²) in [5.74, 6) is 1.55. The number of halogens is 1. The summed E-state index contributed by atoms with van der Waals surface area (Å²) in [6, 6.07) is 6.31. The van der Waals surface area contributed by atoms with Crippen molar-refractivity contribution in [2.45, 2.75) is 65.2 Å². The van der Waals surface area contributed by atoms with Crippen LogP contribution in [0.15, 0.2) is 22.7 Å². The molecule has 0 spiro atoms. The molecule has 0 fully saturated rings. The molecule has 0 unspecified atom stereocenters. The smallest absolute Gasteiger partial charge is 0.122 e. The number of benzene rings is 1. The van der Waals surface area contributed by atoms with Gasteiger partial charge in [-0.05, 0) is 36.1 Å². The third-order valence-electron chi connectivity index (χ3n) is 3.35. The van der Waals surface area contributed by atoms with Crippen LogP contribution in [0.5, 0.6) is 5.75 Å². The highest BCUT2D eigenvalue weighted by Crippen LogP contribution is 2.29. The van der Waals surface area contributed by atoms with Gasteiger partial charge in [-0.1, -0.05) is 68.8 Å². The summed E-state index contributed by atoms with van der Waals surface area (Å²) in [6.07, 6.45) is 7.84. The number of hydrogen-bond donors (Lipinski definition) is 0. The van der Waals surface area contributed by atoms with E-state index in [4.69, 9.17) is 4.74 Å². The lowest BCUT2D eigenvalue weighted by molar-refractivity contribution is 0.300. The minimum Gasteiger partial charge on any atom is -0.493 e. The topological polar surface area (TPSA) is 9.23 Å². The predicted octanol–water partition coefficient (Wildman–Crippen LogP) is 6.31. The zero-order valence-corrected chi connectivity index (χ0v) is 14.1. The van der Waals surface area contributed by atoms with Crippen LogP contribution in [-0.2, 0) is 0 Å². The molecule has 2 heteroatoms. The van der Waals surface area contributed by atoms with Crippen LogP contribution >= 0.6 is 15.9 Å². The Balaban J connectivity index is 2.33. The van der Waals surface area contributed by atoms with Crippen molar-refractivity contribution in [3.63, 3.8) is 0 Å². The maximum absolute atomic E-state index is 5.94. The lowest BCUT2D eigenvalue weighted by Gasteiger charge is -2.14. The Morgan fingerprint density at radius 1 is 1.05 bits per heavy atom. The number of ether oxygens (including phenoxy) is 1. The largest absolute Gasteiger partial charge is 0.493 e. The Labute approximate surface area is 126 Å². The second-order valence-electron chi connectivity index (χ2n) is 5.45. The summed E-state index contributed by atoms with van der Waals surface area (Å²) < 4.78 is 7.07. The fourth-order valence-corrected chi connectivity index (χ4v) is 2.55. The molecular weight excluding hydrogens is 300 g/mol. The fourth-order valence-electron chi connectivity index (χ4n) is 2.17. The zero-order chi connectivity index (χ0) is 14.1. The standard InChI is InChI=1S/C17H27BrO/c1-4-5-6-7-8-9-12-19-17-11-10-15(18)13-16(17)14(2)3/h10-11,13-14H,4-9,12H2,1-3H3. The van der Waals surface area contributed by atoms with E-state index in [0.29, 0.717) is 5.92 Å². The van der Waals surface area contributed by atoms with Crippen LogP contribution in [0.2, 0.25) is 0 Å². The predicted molar refractivity (Wildman–Crippen MR) is 87.1 cm³/mol. The average molecular weight is 327 g/mol. The van der Waals surface area contributed by atoms with Crippen LogP contribution in [0.25, 0.3) is 0 Å². The van der Waals surface area contributed by atoms with Crippen molar-refractivity contribution in [1.82, 2.24) is 0 Å². The van der Waals surface area contributed by atoms with E-state index in [1.165, 1.54) is 37.7 Å². The summed E-state index contributed by atoms with van der Waals surface area (Å²) in [6.45, 7) is 7.51. The van der Waals surface area contributed by atoms with Gasteiger partial charge in [0.15, 0.2) is 0 Å². The summed E-state index contributed by atoms with van der Waals surface area (Å²) in [5.41, 5.74) is 1.29. The monoisotopic (exact) mass is 326 g/mol. The molecule has 0 aliphatic heterocycles. The zero-order valence-electron chi connectivity index (χ0n) is 12.5. The van der Waals surface area contributed by atoms with E-state index in [0.717, 1.165) is 23.2 Å². The molecule has 0 aliphatic rings. The molecule has 1 nitrogen and oxygen atoms in total. The highest BCUT2D eigenvalue weighted by molar-refractivity contribution is 9.10. The van der Waals surface area contributed by atoms with Gasteiger partial charge in [-0.2, -0.15) is 0 Å². The normalized spacial score (nSPS) is 11.0. The Morgan fingerprint density at radius 2 is 1.74 bits per heavy atom. The van der Waals surface area contributed by atoms with Crippen molar-refractivity contribution in [3.8, 4) is 5.75 Å². The first-order valence-corrected chi connectivity index (χ1v) is 8.36. The molecule has 108 valence electrons. The van der Waals surface area contributed by atoms with Gasteiger partial charge in [0.1, 0.15) is 5.75 Å². The average Bonchev–Trinajstić information content (AvgIpc) is 2.39. The highest BCUT2D eigenvalue weighted by atomic mass is 79.9. The molecule has 0 atom stereocenters. The van der Waals surface area contributed by atoms with Gasteiger partial charge in [0.05, 0.1) is 6.61 Å². The molecule has 0 aromatic heterocycles. The molecule has 0 saturated heterocycles. The molecule has 1 rings (SSSR count). The summed E-state index contributed by atoms with van der Waals surface area (Å²) in [7, 11) is 0. The number of hydrogen-bond acceptors (Lipinski definition) is 1. The van der Waals surface area contributed by atoms with E-state index >= 15 is 0 Å². The molecular formula is C17H27BrO. The maximum Gasteiger partial charge on any atom is 0.122 e. The van der Waals surface area contributed by atoms with Crippen molar-refractivity contribution in [2.75, 3.05) is 6.61 Å². The van der Waals surface area contributed by atoms with Crippen molar-refractivity contribution in [1.29, 1.82) is 0 Å². The van der Waals surface area contributed by atoms with E-state index in [-0.39, 0.29) is 0 Å². The van der Waals surface area contributed by atoms with Crippen molar-refractivity contribution in [3.05, 3.63) is 28.2 Å². The molecule has 0 bridgehead atoms. The Kier molecular flexibility index (Phi) is 8.20. The molecule has 19 heavy (non-hydrogen) atoms. The molecule has 0 saturated carbocycles. The third-order valence-corrected chi connectivity index (χ3v) is 3.84. The minimum atomic E-state index is 0.497. The molecule has 0 heterocycles. The van der Waals surface area contributed by atoms with E-state index in [2.05, 4.69) is 54.9 Å². The summed E-state index contributed by atoms with van der Waals surface area (Å²) >= 11 is 3.53. The molecule has 0 radical (unpaired) electrons. The van der Waals surface area contributed by atoms with Gasteiger partial charge in [-0.25, -0.2) is 0 Å². The van der Waals surface area contributed by atoms with Gasteiger partial charge in [-0.3, -0.25) is 0 Å². The molecule has 1 aromatic carbocycles. The van der Waals surface area contributed by atoms with Gasteiger partial charge in [-0.15, -0.1) is 0 Å². The highest BCUT2D eigenvalue weighted by Gasteiger charge is 2.08. The van der Waals surface area contributed by atoms with Gasteiger partial charge >= 0.3 is 0 Å². The Bertz CT molecular complexity index is 360. The lowest BCUT2D eigenvalue weighted by Crippen LogP contribution is -2.01. The van der Waals surface area contributed by atoms with Crippen LogP contribution < -0.4 is 4.74 Å². The number of unbranched alkanes of at least 4 members (excludes halogenated alkanes) is 5. The first-order chi connectivity index (χ1) is 9.15. The van der Waals surface area contributed by atoms with E-state index in [1.54, 1.807) is 0 Å². The SMILES string of the molecule is CCCCCCCCOc1ccc(Br)cc1C(C)C. The molecule has 0 N–H and O–H groups in total. The van der Waals surface area contributed by atoms with Gasteiger partial charge in [0.2, 0.25) is 0 Å². The van der Waals surface area contributed by atoms with E-state index < -0.39 is 0 Å². The van der Waals surface area contributed by atoms with Crippen LogP contribution in [0.4, 0.5) is 0 Å². The lowest BCUT2D eigenvalue weighted by atomic mass is 10.0. The van der Waals surface area contributed by atoms with Crippen molar-refractivity contribution in [2.24, 2.45) is 0 Å². The first kappa shape index (κ1) is 16.6. The maximum atomic E-state index is 5.94. The van der Waals surface area contributed by atoms with Crippen LogP contribution in [0.3, 0.4) is 0 Å². The number of rotatable bonds is 9. The van der Waals surface area contributed by atoms with E-state index in [9.17, 15) is 0 Å². The van der Waals surface area contributed by atoms with Crippen LogP contribution in [-0.4, -0.2) is 6.61 Å². The van der Waals surface area contributed by atoms with Crippen molar-refractivity contribution >= 4 is 15.9 Å². The fraction of sp³-hybridized carbons (Fsp3) is 0.647. The Morgan fingerprint density at radius 3 is 2.42 bits per heavy atom. The third kappa shape index (κ3) is 6.47. The second-order valence-corrected chi connectivity index (χ2v) is 6.37. The molecule has 1 aromatic rings. The van der Waals surface area contributed by atoms with E-state index in [1.807, 2.05) is 0 Å². The van der Waals surface area contributed by atoms with Gasteiger partial charge in [0.25, 0.3) is 0 Å². The molecule has 0 aliphatic carbocycles. The van der Waals surface area contributed by atoms with Crippen LogP contribution in [0, 0.1) is 0 Å². The summed E-state index contributed by atoms with van der Waals surface area (Å²) in [5, 5.41) is 0.